The van der Waals surface area contributed by atoms with Gasteiger partial charge in [0.2, 0.25) is 0 Å². The molecule has 2 aromatic heterocycles. The molecule has 172 valence electrons. The van der Waals surface area contributed by atoms with Crippen LogP contribution in [0.3, 0.4) is 0 Å². The summed E-state index contributed by atoms with van der Waals surface area (Å²) in [6.45, 7) is 8.00. The number of rotatable bonds is 2. The van der Waals surface area contributed by atoms with E-state index < -0.39 is 0 Å². The van der Waals surface area contributed by atoms with Crippen LogP contribution < -0.4 is 0 Å². The second kappa shape index (κ2) is 10.9. The molecule has 0 aliphatic heterocycles. The van der Waals surface area contributed by atoms with E-state index in [9.17, 15) is 0 Å². The molecule has 0 atom stereocenters. The molecule has 0 aliphatic carbocycles. The third-order valence-corrected chi connectivity index (χ3v) is 9.07. The van der Waals surface area contributed by atoms with Crippen LogP contribution in [0.5, 0.6) is 0 Å². The number of thiophene rings is 1. The van der Waals surface area contributed by atoms with Gasteiger partial charge in [-0.3, -0.25) is 0 Å². The van der Waals surface area contributed by atoms with Crippen molar-refractivity contribution in [3.63, 3.8) is 0 Å². The summed E-state index contributed by atoms with van der Waals surface area (Å²) in [6.07, 6.45) is 0. The van der Waals surface area contributed by atoms with E-state index in [1.54, 1.807) is 11.3 Å². The zero-order chi connectivity index (χ0) is 24.2. The molecular formula is C30H27Br2NS. The molecule has 0 aliphatic rings. The van der Waals surface area contributed by atoms with Crippen LogP contribution in [-0.2, 0) is 0 Å². The predicted octanol–water partition coefficient (Wildman–Crippen LogP) is 11.2. The van der Waals surface area contributed by atoms with Crippen molar-refractivity contribution in [3.05, 3.63) is 99.3 Å². The van der Waals surface area contributed by atoms with Gasteiger partial charge >= 0.3 is 0 Å². The molecule has 2 heterocycles. The van der Waals surface area contributed by atoms with Gasteiger partial charge in [-0.05, 0) is 73.3 Å². The molecule has 0 fully saturated rings. The summed E-state index contributed by atoms with van der Waals surface area (Å²) >= 11 is 9.05. The lowest BCUT2D eigenvalue weighted by Crippen LogP contribution is -1.93. The molecule has 0 bridgehead atoms. The third kappa shape index (κ3) is 4.35. The topological polar surface area (TPSA) is 4.93 Å². The lowest BCUT2D eigenvalue weighted by atomic mass is 10.0. The summed E-state index contributed by atoms with van der Waals surface area (Å²) in [5.41, 5.74) is 6.11. The minimum absolute atomic E-state index is 1.13. The number of benzene rings is 4. The smallest absolute Gasteiger partial charge is 0.0853 e. The number of hydrogen-bond donors (Lipinski definition) is 0. The quantitative estimate of drug-likeness (QED) is 0.188. The van der Waals surface area contributed by atoms with Crippen molar-refractivity contribution in [3.8, 4) is 16.8 Å². The first-order chi connectivity index (χ1) is 16.7. The van der Waals surface area contributed by atoms with Gasteiger partial charge in [-0.1, -0.05) is 88.4 Å². The number of para-hydroxylation sites is 2. The van der Waals surface area contributed by atoms with E-state index in [0.29, 0.717) is 0 Å². The summed E-state index contributed by atoms with van der Waals surface area (Å²) in [6, 6.07) is 32.8. The number of hydrogen-bond acceptors (Lipinski definition) is 1. The van der Waals surface area contributed by atoms with Gasteiger partial charge in [-0.15, -0.1) is 11.3 Å². The summed E-state index contributed by atoms with van der Waals surface area (Å²) in [7, 11) is 0. The highest BCUT2D eigenvalue weighted by molar-refractivity contribution is 9.13. The van der Waals surface area contributed by atoms with Crippen LogP contribution in [0.15, 0.2) is 99.3 Å². The Hall–Kier alpha value is -2.40. The Morgan fingerprint density at radius 2 is 1.12 bits per heavy atom. The monoisotopic (exact) mass is 591 g/mol. The Bertz CT molecular complexity index is 1510. The average Bonchev–Trinajstić information content (AvgIpc) is 3.40. The number of halogens is 2. The van der Waals surface area contributed by atoms with Crippen molar-refractivity contribution in [1.29, 1.82) is 0 Å². The van der Waals surface area contributed by atoms with Crippen LogP contribution in [0.2, 0.25) is 0 Å². The fourth-order valence-corrected chi connectivity index (χ4v) is 6.53. The normalized spacial score (nSPS) is 10.6. The Morgan fingerprint density at radius 3 is 1.71 bits per heavy atom. The van der Waals surface area contributed by atoms with Gasteiger partial charge in [0, 0.05) is 26.5 Å². The van der Waals surface area contributed by atoms with E-state index in [2.05, 4.69) is 127 Å². The van der Waals surface area contributed by atoms with Crippen molar-refractivity contribution in [2.45, 2.75) is 27.7 Å². The van der Waals surface area contributed by atoms with Crippen LogP contribution in [0.25, 0.3) is 48.7 Å². The first kappa shape index (κ1) is 24.7. The minimum Gasteiger partial charge on any atom is -0.309 e. The molecule has 0 N–H and O–H groups in total. The summed E-state index contributed by atoms with van der Waals surface area (Å²) in [5, 5.41) is 3.82. The van der Waals surface area contributed by atoms with E-state index in [-0.39, 0.29) is 0 Å². The predicted molar refractivity (Wildman–Crippen MR) is 160 cm³/mol. The van der Waals surface area contributed by atoms with Crippen molar-refractivity contribution in [1.82, 2.24) is 4.57 Å². The van der Waals surface area contributed by atoms with Gasteiger partial charge in [-0.25, -0.2) is 0 Å². The highest BCUT2D eigenvalue weighted by Gasteiger charge is 2.12. The first-order valence-corrected chi connectivity index (χ1v) is 14.1. The Balaban J connectivity index is 0.000000652. The van der Waals surface area contributed by atoms with Crippen molar-refractivity contribution < 1.29 is 0 Å². The fourth-order valence-electron chi connectivity index (χ4n) is 4.22. The van der Waals surface area contributed by atoms with E-state index in [4.69, 9.17) is 0 Å². The van der Waals surface area contributed by atoms with E-state index in [1.807, 2.05) is 27.7 Å². The molecule has 6 aromatic rings. The van der Waals surface area contributed by atoms with Gasteiger partial charge < -0.3 is 4.57 Å². The Labute approximate surface area is 222 Å². The van der Waals surface area contributed by atoms with Crippen molar-refractivity contribution in [2.75, 3.05) is 0 Å². The molecule has 4 heteroatoms. The SMILES string of the molecule is Brc1sc2cc(-c3ccc(-n4c5ccccc5c5ccccc54)cc3)ccc2c1Br.CC.CC. The van der Waals surface area contributed by atoms with Crippen LogP contribution in [-0.4, -0.2) is 4.57 Å². The molecule has 0 spiro atoms. The maximum Gasteiger partial charge on any atom is 0.0853 e. The molecule has 0 amide bonds. The molecule has 1 nitrogen and oxygen atoms in total. The summed E-state index contributed by atoms with van der Waals surface area (Å²) in [4.78, 5) is 0. The molecule has 34 heavy (non-hydrogen) atoms. The van der Waals surface area contributed by atoms with Gasteiger partial charge in [-0.2, -0.15) is 0 Å². The van der Waals surface area contributed by atoms with E-state index >= 15 is 0 Å². The summed E-state index contributed by atoms with van der Waals surface area (Å²) < 4.78 is 5.90. The minimum atomic E-state index is 1.13. The highest BCUT2D eigenvalue weighted by Crippen LogP contribution is 2.41. The average molecular weight is 593 g/mol. The zero-order valence-electron chi connectivity index (χ0n) is 19.8. The van der Waals surface area contributed by atoms with Crippen LogP contribution >= 0.6 is 43.2 Å². The second-order valence-corrected chi connectivity index (χ2v) is 10.5. The number of nitrogens with zero attached hydrogens (tertiary/aromatic N) is 1. The molecule has 0 unspecified atom stereocenters. The lowest BCUT2D eigenvalue weighted by molar-refractivity contribution is 1.18. The molecule has 0 saturated heterocycles. The van der Waals surface area contributed by atoms with E-state index in [0.717, 1.165) is 8.26 Å². The van der Waals surface area contributed by atoms with Gasteiger partial charge in [0.15, 0.2) is 0 Å². The first-order valence-electron chi connectivity index (χ1n) is 11.7. The van der Waals surface area contributed by atoms with Crippen LogP contribution in [0, 0.1) is 0 Å². The van der Waals surface area contributed by atoms with Crippen molar-refractivity contribution in [2.24, 2.45) is 0 Å². The molecule has 0 saturated carbocycles. The summed E-state index contributed by atoms with van der Waals surface area (Å²) in [5.74, 6) is 0. The standard InChI is InChI=1S/C26H15Br2NS.2C2H6/c27-25-21-14-11-17(15-24(21)30-26(25)28)16-9-12-18(13-10-16)29-22-7-3-1-5-19(22)20-6-2-4-8-23(20)29;2*1-2/h1-15H;2*1-2H3. The van der Waals surface area contributed by atoms with Gasteiger partial charge in [0.25, 0.3) is 0 Å². The lowest BCUT2D eigenvalue weighted by Gasteiger charge is -2.09. The maximum absolute atomic E-state index is 3.66. The van der Waals surface area contributed by atoms with Gasteiger partial charge in [0.1, 0.15) is 0 Å². The second-order valence-electron chi connectivity index (χ2n) is 7.32. The maximum atomic E-state index is 3.66. The molecule has 4 aromatic carbocycles. The van der Waals surface area contributed by atoms with Gasteiger partial charge in [0.05, 0.1) is 19.3 Å². The molecule has 0 radical (unpaired) electrons. The molecule has 6 rings (SSSR count). The fraction of sp³-hybridized carbons (Fsp3) is 0.133. The number of aromatic nitrogens is 1. The third-order valence-electron chi connectivity index (χ3n) is 5.63. The Morgan fingerprint density at radius 1 is 0.588 bits per heavy atom. The van der Waals surface area contributed by atoms with Crippen LogP contribution in [0.4, 0.5) is 0 Å². The van der Waals surface area contributed by atoms with Crippen molar-refractivity contribution >= 4 is 75.1 Å². The van der Waals surface area contributed by atoms with E-state index in [1.165, 1.54) is 48.7 Å². The van der Waals surface area contributed by atoms with Crippen LogP contribution in [0.1, 0.15) is 27.7 Å². The molecular weight excluding hydrogens is 566 g/mol. The zero-order valence-corrected chi connectivity index (χ0v) is 23.8. The number of fused-ring (bicyclic) bond motifs is 4. The largest absolute Gasteiger partial charge is 0.309 e. The highest BCUT2D eigenvalue weighted by atomic mass is 79.9. The Kier molecular flexibility index (Phi) is 7.92.